The van der Waals surface area contributed by atoms with Crippen molar-refractivity contribution >= 4 is 62.2 Å². The summed E-state index contributed by atoms with van der Waals surface area (Å²) in [5, 5.41) is 11.2. The summed E-state index contributed by atoms with van der Waals surface area (Å²) in [6, 6.07) is 15.9. The second kappa shape index (κ2) is 10.6. The van der Waals surface area contributed by atoms with Crippen LogP contribution in [0.3, 0.4) is 0 Å². The van der Waals surface area contributed by atoms with E-state index in [-0.39, 0.29) is 17.3 Å². The lowest BCUT2D eigenvalue weighted by Gasteiger charge is -2.14. The maximum atomic E-state index is 12.5. The SMILES string of the molecule is COc1cc(/C=C2\N=C(c3cccc([N+](=O)[O-])c3C)OC2=O)cc(I)c1OCc1ccccc1Br. The molecule has 4 rings (SSSR count). The molecule has 3 aromatic carbocycles. The van der Waals surface area contributed by atoms with Crippen molar-refractivity contribution in [2.75, 3.05) is 7.11 Å². The predicted octanol–water partition coefficient (Wildman–Crippen LogP) is 6.20. The smallest absolute Gasteiger partial charge is 0.363 e. The minimum atomic E-state index is -0.644. The van der Waals surface area contributed by atoms with Crippen molar-refractivity contribution in [3.63, 3.8) is 0 Å². The molecule has 0 saturated carbocycles. The van der Waals surface area contributed by atoms with Gasteiger partial charge in [-0.15, -0.1) is 0 Å². The first-order valence-corrected chi connectivity index (χ1v) is 12.2. The fourth-order valence-corrected chi connectivity index (χ4v) is 4.64. The first kappa shape index (κ1) is 24.9. The Hall–Kier alpha value is -3.25. The van der Waals surface area contributed by atoms with E-state index in [1.54, 1.807) is 32.2 Å². The summed E-state index contributed by atoms with van der Waals surface area (Å²) in [6.45, 7) is 1.93. The number of methoxy groups -OCH3 is 1. The van der Waals surface area contributed by atoms with E-state index >= 15 is 0 Å². The second-order valence-electron chi connectivity index (χ2n) is 7.46. The number of benzene rings is 3. The molecule has 0 amide bonds. The molecule has 0 fully saturated rings. The van der Waals surface area contributed by atoms with E-state index in [0.29, 0.717) is 34.8 Å². The Labute approximate surface area is 223 Å². The number of nitro groups is 1. The van der Waals surface area contributed by atoms with Crippen molar-refractivity contribution in [2.24, 2.45) is 4.99 Å². The van der Waals surface area contributed by atoms with Crippen LogP contribution in [-0.4, -0.2) is 23.9 Å². The molecule has 0 radical (unpaired) electrons. The van der Waals surface area contributed by atoms with Crippen molar-refractivity contribution in [3.05, 3.63) is 101 Å². The first-order valence-electron chi connectivity index (χ1n) is 10.3. The summed E-state index contributed by atoms with van der Waals surface area (Å²) in [5.41, 5.74) is 2.41. The van der Waals surface area contributed by atoms with Gasteiger partial charge < -0.3 is 14.2 Å². The number of hydrogen-bond acceptors (Lipinski definition) is 7. The van der Waals surface area contributed by atoms with Crippen molar-refractivity contribution in [1.29, 1.82) is 0 Å². The molecule has 0 N–H and O–H groups in total. The van der Waals surface area contributed by atoms with Crippen molar-refractivity contribution in [1.82, 2.24) is 0 Å². The monoisotopic (exact) mass is 648 g/mol. The number of aliphatic imine (C=N–C) groups is 1. The Morgan fingerprint density at radius 2 is 1.97 bits per heavy atom. The van der Waals surface area contributed by atoms with Gasteiger partial charge in [-0.3, -0.25) is 10.1 Å². The van der Waals surface area contributed by atoms with Gasteiger partial charge >= 0.3 is 5.97 Å². The molecular formula is C25H18BrIN2O6. The Bertz CT molecular complexity index is 1400. The third kappa shape index (κ3) is 5.38. The van der Waals surface area contributed by atoms with Gasteiger partial charge in [-0.25, -0.2) is 9.79 Å². The lowest BCUT2D eigenvalue weighted by Crippen LogP contribution is -2.08. The van der Waals surface area contributed by atoms with E-state index in [2.05, 4.69) is 43.5 Å². The molecule has 0 aliphatic carbocycles. The number of cyclic esters (lactones) is 1. The van der Waals surface area contributed by atoms with Gasteiger partial charge in [-0.05, 0) is 65.4 Å². The number of ether oxygens (including phenoxy) is 3. The zero-order valence-corrected chi connectivity index (χ0v) is 22.3. The summed E-state index contributed by atoms with van der Waals surface area (Å²) in [7, 11) is 1.54. The molecule has 8 nitrogen and oxygen atoms in total. The van der Waals surface area contributed by atoms with Crippen LogP contribution in [0.5, 0.6) is 11.5 Å². The van der Waals surface area contributed by atoms with E-state index in [1.165, 1.54) is 12.1 Å². The van der Waals surface area contributed by atoms with Crippen LogP contribution in [0.1, 0.15) is 22.3 Å². The molecule has 1 aliphatic heterocycles. The summed E-state index contributed by atoms with van der Waals surface area (Å²) in [5.74, 6) is 0.462. The summed E-state index contributed by atoms with van der Waals surface area (Å²) in [4.78, 5) is 27.5. The van der Waals surface area contributed by atoms with Crippen LogP contribution in [0.15, 0.2) is 69.8 Å². The minimum Gasteiger partial charge on any atom is -0.493 e. The molecular weight excluding hydrogens is 631 g/mol. The summed E-state index contributed by atoms with van der Waals surface area (Å²) >= 11 is 5.66. The number of esters is 1. The highest BCUT2D eigenvalue weighted by Gasteiger charge is 2.27. The topological polar surface area (TPSA) is 100 Å². The number of rotatable bonds is 7. The lowest BCUT2D eigenvalue weighted by atomic mass is 10.1. The predicted molar refractivity (Wildman–Crippen MR) is 143 cm³/mol. The van der Waals surface area contributed by atoms with Crippen LogP contribution in [-0.2, 0) is 16.1 Å². The standard InChI is InChI=1S/C25H18BrIN2O6/c1-14-17(7-5-9-21(14)29(31)32)24-28-20(25(30)35-24)11-15-10-19(27)23(22(12-15)33-2)34-13-16-6-3-4-8-18(16)26/h3-12H,13H2,1-2H3/b20-11-. The molecule has 0 saturated heterocycles. The molecule has 1 aliphatic rings. The maximum Gasteiger partial charge on any atom is 0.363 e. The molecule has 1 heterocycles. The Morgan fingerprint density at radius 1 is 1.20 bits per heavy atom. The zero-order chi connectivity index (χ0) is 25.1. The van der Waals surface area contributed by atoms with Crippen molar-refractivity contribution in [2.45, 2.75) is 13.5 Å². The molecule has 0 aromatic heterocycles. The Balaban J connectivity index is 1.63. The van der Waals surface area contributed by atoms with Crippen molar-refractivity contribution < 1.29 is 23.9 Å². The average Bonchev–Trinajstić information content (AvgIpc) is 3.18. The lowest BCUT2D eigenvalue weighted by molar-refractivity contribution is -0.385. The third-order valence-corrected chi connectivity index (χ3v) is 6.81. The Morgan fingerprint density at radius 3 is 2.69 bits per heavy atom. The van der Waals surface area contributed by atoms with Crippen LogP contribution >= 0.6 is 38.5 Å². The van der Waals surface area contributed by atoms with Gasteiger partial charge in [-0.2, -0.15) is 0 Å². The number of nitro benzene ring substituents is 1. The van der Waals surface area contributed by atoms with E-state index in [9.17, 15) is 14.9 Å². The van der Waals surface area contributed by atoms with E-state index in [0.717, 1.165) is 13.6 Å². The highest BCUT2D eigenvalue weighted by Crippen LogP contribution is 2.36. The fraction of sp³-hybridized carbons (Fsp3) is 0.120. The van der Waals surface area contributed by atoms with Crippen LogP contribution in [0.2, 0.25) is 0 Å². The first-order chi connectivity index (χ1) is 16.8. The van der Waals surface area contributed by atoms with Gasteiger partial charge in [0.25, 0.3) is 5.69 Å². The quantitative estimate of drug-likeness (QED) is 0.0994. The normalized spacial score (nSPS) is 14.0. The molecule has 178 valence electrons. The van der Waals surface area contributed by atoms with Crippen LogP contribution in [0.4, 0.5) is 5.69 Å². The number of hydrogen-bond donors (Lipinski definition) is 0. The summed E-state index contributed by atoms with van der Waals surface area (Å²) < 4.78 is 18.6. The van der Waals surface area contributed by atoms with Crippen LogP contribution < -0.4 is 9.47 Å². The third-order valence-electron chi connectivity index (χ3n) is 5.24. The molecule has 0 atom stereocenters. The highest BCUT2D eigenvalue weighted by molar-refractivity contribution is 14.1. The van der Waals surface area contributed by atoms with E-state index in [4.69, 9.17) is 14.2 Å². The van der Waals surface area contributed by atoms with Gasteiger partial charge in [0.15, 0.2) is 17.2 Å². The molecule has 0 spiro atoms. The minimum absolute atomic E-state index is 0.0255. The zero-order valence-electron chi connectivity index (χ0n) is 18.6. The number of carbonyl (C=O) groups excluding carboxylic acids is 1. The van der Waals surface area contributed by atoms with Gasteiger partial charge in [0.2, 0.25) is 5.90 Å². The summed E-state index contributed by atoms with van der Waals surface area (Å²) in [6.07, 6.45) is 1.57. The van der Waals surface area contributed by atoms with Gasteiger partial charge in [-0.1, -0.05) is 40.2 Å². The van der Waals surface area contributed by atoms with Crippen LogP contribution in [0.25, 0.3) is 6.08 Å². The maximum absolute atomic E-state index is 12.5. The molecule has 35 heavy (non-hydrogen) atoms. The molecule has 0 unspecified atom stereocenters. The molecule has 0 bridgehead atoms. The molecule has 3 aromatic rings. The average molecular weight is 649 g/mol. The molecule has 10 heteroatoms. The second-order valence-corrected chi connectivity index (χ2v) is 9.47. The fourth-order valence-electron chi connectivity index (χ4n) is 3.46. The van der Waals surface area contributed by atoms with Crippen LogP contribution in [0, 0.1) is 20.6 Å². The van der Waals surface area contributed by atoms with Crippen molar-refractivity contribution in [3.8, 4) is 11.5 Å². The van der Waals surface area contributed by atoms with Gasteiger partial charge in [0.05, 0.1) is 15.6 Å². The van der Waals surface area contributed by atoms with E-state index < -0.39 is 10.9 Å². The number of nitrogens with zero attached hydrogens (tertiary/aromatic N) is 2. The Kier molecular flexibility index (Phi) is 7.51. The van der Waals surface area contributed by atoms with E-state index in [1.807, 2.05) is 30.3 Å². The number of halogens is 2. The van der Waals surface area contributed by atoms with Gasteiger partial charge in [0, 0.05) is 27.2 Å². The number of carbonyl (C=O) groups is 1. The highest BCUT2D eigenvalue weighted by atomic mass is 127. The largest absolute Gasteiger partial charge is 0.493 e. The van der Waals surface area contributed by atoms with Gasteiger partial charge in [0.1, 0.15) is 6.61 Å².